The van der Waals surface area contributed by atoms with E-state index in [-0.39, 0.29) is 21.5 Å². The Morgan fingerprint density at radius 1 is 1.00 bits per heavy atom. The number of hydrogen-bond acceptors (Lipinski definition) is 2. The first-order chi connectivity index (χ1) is 6.59. The monoisotopic (exact) mass is 228 g/mol. The lowest BCUT2D eigenvalue weighted by molar-refractivity contribution is 0.474. The van der Waals surface area contributed by atoms with Crippen molar-refractivity contribution in [2.24, 2.45) is 0 Å². The summed E-state index contributed by atoms with van der Waals surface area (Å²) in [6, 6.07) is 6.22. The summed E-state index contributed by atoms with van der Waals surface area (Å²) in [5.41, 5.74) is 0. The van der Waals surface area contributed by atoms with Crippen molar-refractivity contribution in [2.45, 2.75) is 0 Å². The molecule has 0 saturated heterocycles. The Morgan fingerprint density at radius 3 is 2.43 bits per heavy atom. The average molecular weight is 229 g/mol. The Labute approximate surface area is 90.3 Å². The fourth-order valence-electron chi connectivity index (χ4n) is 1.31. The number of rotatable bonds is 0. The van der Waals surface area contributed by atoms with Gasteiger partial charge in [0.1, 0.15) is 5.75 Å². The third-order valence-corrected chi connectivity index (χ3v) is 2.66. The van der Waals surface area contributed by atoms with E-state index in [0.717, 1.165) is 0 Å². The van der Waals surface area contributed by atoms with Crippen LogP contribution in [0.4, 0.5) is 0 Å². The predicted octanol–water partition coefficient (Wildman–Crippen LogP) is 3.56. The van der Waals surface area contributed by atoms with Crippen LogP contribution in [0.5, 0.6) is 11.5 Å². The van der Waals surface area contributed by atoms with Gasteiger partial charge in [0.25, 0.3) is 0 Å². The standard InChI is InChI=1S/C10H6Cl2O2/c11-8-4-5-3-6(13)1-2-7(5)9(12)10(8)14/h1-4,13-14H. The number of fused-ring (bicyclic) bond motifs is 1. The summed E-state index contributed by atoms with van der Waals surface area (Å²) >= 11 is 11.6. The van der Waals surface area contributed by atoms with Crippen molar-refractivity contribution in [3.05, 3.63) is 34.3 Å². The van der Waals surface area contributed by atoms with Crippen LogP contribution in [0.15, 0.2) is 24.3 Å². The number of benzene rings is 2. The quantitative estimate of drug-likeness (QED) is 0.724. The maximum Gasteiger partial charge on any atom is 0.153 e. The largest absolute Gasteiger partial charge is 0.508 e. The Kier molecular flexibility index (Phi) is 2.17. The van der Waals surface area contributed by atoms with E-state index in [1.54, 1.807) is 12.1 Å². The van der Waals surface area contributed by atoms with E-state index < -0.39 is 0 Å². The van der Waals surface area contributed by atoms with Crippen LogP contribution in [-0.2, 0) is 0 Å². The molecule has 0 unspecified atom stereocenters. The van der Waals surface area contributed by atoms with Gasteiger partial charge in [-0.05, 0) is 29.7 Å². The zero-order valence-electron chi connectivity index (χ0n) is 6.96. The minimum absolute atomic E-state index is 0.133. The maximum absolute atomic E-state index is 9.45. The van der Waals surface area contributed by atoms with Gasteiger partial charge >= 0.3 is 0 Å². The molecule has 0 spiro atoms. The molecular weight excluding hydrogens is 223 g/mol. The molecule has 0 saturated carbocycles. The van der Waals surface area contributed by atoms with E-state index in [9.17, 15) is 10.2 Å². The van der Waals surface area contributed by atoms with Crippen LogP contribution in [0, 0.1) is 0 Å². The van der Waals surface area contributed by atoms with Crippen LogP contribution < -0.4 is 0 Å². The van der Waals surface area contributed by atoms with Crippen LogP contribution in [-0.4, -0.2) is 10.2 Å². The van der Waals surface area contributed by atoms with Gasteiger partial charge in [0.05, 0.1) is 10.0 Å². The summed E-state index contributed by atoms with van der Waals surface area (Å²) in [6.07, 6.45) is 0. The summed E-state index contributed by atoms with van der Waals surface area (Å²) in [6.45, 7) is 0. The van der Waals surface area contributed by atoms with E-state index >= 15 is 0 Å². The lowest BCUT2D eigenvalue weighted by atomic mass is 10.1. The van der Waals surface area contributed by atoms with Crippen molar-refractivity contribution in [1.29, 1.82) is 0 Å². The smallest absolute Gasteiger partial charge is 0.153 e. The van der Waals surface area contributed by atoms with Gasteiger partial charge in [-0.1, -0.05) is 23.2 Å². The lowest BCUT2D eigenvalue weighted by Gasteiger charge is -2.05. The van der Waals surface area contributed by atoms with E-state index in [1.165, 1.54) is 12.1 Å². The molecule has 14 heavy (non-hydrogen) atoms. The molecule has 2 aromatic carbocycles. The molecule has 0 bridgehead atoms. The van der Waals surface area contributed by atoms with Crippen molar-refractivity contribution >= 4 is 34.0 Å². The Bertz CT molecular complexity index is 509. The molecule has 0 fully saturated rings. The first-order valence-corrected chi connectivity index (χ1v) is 4.65. The van der Waals surface area contributed by atoms with Gasteiger partial charge in [0.15, 0.2) is 5.75 Å². The van der Waals surface area contributed by atoms with Crippen molar-refractivity contribution in [3.63, 3.8) is 0 Å². The molecule has 0 aliphatic carbocycles. The second-order valence-corrected chi connectivity index (χ2v) is 3.71. The van der Waals surface area contributed by atoms with E-state index in [1.807, 2.05) is 0 Å². The van der Waals surface area contributed by atoms with Crippen LogP contribution in [0.1, 0.15) is 0 Å². The van der Waals surface area contributed by atoms with Crippen molar-refractivity contribution < 1.29 is 10.2 Å². The van der Waals surface area contributed by atoms with Gasteiger partial charge in [-0.15, -0.1) is 0 Å². The minimum atomic E-state index is -0.133. The third-order valence-electron chi connectivity index (χ3n) is 1.99. The zero-order valence-corrected chi connectivity index (χ0v) is 8.47. The normalized spacial score (nSPS) is 10.7. The molecule has 2 rings (SSSR count). The summed E-state index contributed by atoms with van der Waals surface area (Å²) in [5, 5.41) is 20.4. The molecule has 0 atom stereocenters. The molecular formula is C10H6Cl2O2. The number of phenolic OH excluding ortho intramolecular Hbond substituents is 2. The summed E-state index contributed by atoms with van der Waals surface area (Å²) < 4.78 is 0. The molecule has 0 amide bonds. The van der Waals surface area contributed by atoms with Crippen molar-refractivity contribution in [3.8, 4) is 11.5 Å². The molecule has 2 aromatic rings. The van der Waals surface area contributed by atoms with Gasteiger partial charge in [-0.3, -0.25) is 0 Å². The molecule has 0 aliphatic rings. The topological polar surface area (TPSA) is 40.5 Å². The van der Waals surface area contributed by atoms with Gasteiger partial charge in [0.2, 0.25) is 0 Å². The molecule has 4 heteroatoms. The highest BCUT2D eigenvalue weighted by Crippen LogP contribution is 2.38. The predicted molar refractivity (Wildman–Crippen MR) is 57.3 cm³/mol. The van der Waals surface area contributed by atoms with Gasteiger partial charge in [0, 0.05) is 5.39 Å². The highest BCUT2D eigenvalue weighted by Gasteiger charge is 2.09. The Morgan fingerprint density at radius 2 is 1.71 bits per heavy atom. The fraction of sp³-hybridized carbons (Fsp3) is 0. The summed E-state index contributed by atoms with van der Waals surface area (Å²) in [7, 11) is 0. The van der Waals surface area contributed by atoms with Gasteiger partial charge < -0.3 is 10.2 Å². The fourth-order valence-corrected chi connectivity index (χ4v) is 1.84. The molecule has 0 aromatic heterocycles. The molecule has 0 heterocycles. The van der Waals surface area contributed by atoms with E-state index in [0.29, 0.717) is 10.8 Å². The first-order valence-electron chi connectivity index (χ1n) is 3.89. The molecule has 2 nitrogen and oxygen atoms in total. The van der Waals surface area contributed by atoms with E-state index in [2.05, 4.69) is 0 Å². The molecule has 72 valence electrons. The number of hydrogen-bond donors (Lipinski definition) is 2. The molecule has 0 radical (unpaired) electrons. The number of aromatic hydroxyl groups is 2. The van der Waals surface area contributed by atoms with Gasteiger partial charge in [-0.2, -0.15) is 0 Å². The second-order valence-electron chi connectivity index (χ2n) is 2.93. The Hall–Kier alpha value is -1.12. The third kappa shape index (κ3) is 1.37. The van der Waals surface area contributed by atoms with Gasteiger partial charge in [-0.25, -0.2) is 0 Å². The highest BCUT2D eigenvalue weighted by molar-refractivity contribution is 6.41. The maximum atomic E-state index is 9.45. The number of halogens is 2. The molecule has 0 aliphatic heterocycles. The van der Waals surface area contributed by atoms with Crippen LogP contribution >= 0.6 is 23.2 Å². The van der Waals surface area contributed by atoms with Crippen LogP contribution in [0.3, 0.4) is 0 Å². The van der Waals surface area contributed by atoms with Crippen LogP contribution in [0.2, 0.25) is 10.0 Å². The van der Waals surface area contributed by atoms with Crippen LogP contribution in [0.25, 0.3) is 10.8 Å². The highest BCUT2D eigenvalue weighted by atomic mass is 35.5. The lowest BCUT2D eigenvalue weighted by Crippen LogP contribution is -1.77. The second kappa shape index (κ2) is 3.23. The number of phenols is 2. The minimum Gasteiger partial charge on any atom is -0.508 e. The van der Waals surface area contributed by atoms with Crippen molar-refractivity contribution in [2.75, 3.05) is 0 Å². The zero-order chi connectivity index (χ0) is 10.3. The summed E-state index contributed by atoms with van der Waals surface area (Å²) in [5.74, 6) is 0.00171. The molecule has 2 N–H and O–H groups in total. The van der Waals surface area contributed by atoms with E-state index in [4.69, 9.17) is 23.2 Å². The first kappa shape index (κ1) is 9.44. The average Bonchev–Trinajstić information content (AvgIpc) is 2.14. The SMILES string of the molecule is Oc1ccc2c(Cl)c(O)c(Cl)cc2c1. The Balaban J connectivity index is 2.91. The summed E-state index contributed by atoms with van der Waals surface area (Å²) in [4.78, 5) is 0. The van der Waals surface area contributed by atoms with Crippen molar-refractivity contribution in [1.82, 2.24) is 0 Å².